The number of rotatable bonds is 5. The van der Waals surface area contributed by atoms with E-state index in [4.69, 9.17) is 14.5 Å². The highest BCUT2D eigenvalue weighted by Crippen LogP contribution is 2.32. The van der Waals surface area contributed by atoms with E-state index in [-0.39, 0.29) is 36.2 Å². The number of aliphatic imine (C=N–C) groups is 1. The highest BCUT2D eigenvalue weighted by molar-refractivity contribution is 14.0. The van der Waals surface area contributed by atoms with E-state index in [2.05, 4.69) is 48.7 Å². The molecule has 0 aliphatic carbocycles. The fourth-order valence-electron chi connectivity index (χ4n) is 2.46. The number of hydrogen-bond acceptors (Lipinski definition) is 5. The molecule has 2 heterocycles. The maximum atomic E-state index is 5.42. The van der Waals surface area contributed by atoms with Gasteiger partial charge < -0.3 is 20.1 Å². The van der Waals surface area contributed by atoms with Crippen LogP contribution < -0.4 is 20.1 Å². The van der Waals surface area contributed by atoms with Crippen LogP contribution >= 0.6 is 35.3 Å². The van der Waals surface area contributed by atoms with Gasteiger partial charge in [-0.1, -0.05) is 26.8 Å². The molecule has 27 heavy (non-hydrogen) atoms. The van der Waals surface area contributed by atoms with Crippen molar-refractivity contribution in [3.63, 3.8) is 0 Å². The van der Waals surface area contributed by atoms with Gasteiger partial charge in [0.15, 0.2) is 17.5 Å². The molecule has 6 nitrogen and oxygen atoms in total. The largest absolute Gasteiger partial charge is 0.454 e. The van der Waals surface area contributed by atoms with Crippen molar-refractivity contribution in [2.24, 2.45) is 4.99 Å². The Labute approximate surface area is 181 Å². The maximum absolute atomic E-state index is 5.42. The topological polar surface area (TPSA) is 67.8 Å². The minimum absolute atomic E-state index is 0. The van der Waals surface area contributed by atoms with E-state index in [0.717, 1.165) is 40.3 Å². The Morgan fingerprint density at radius 3 is 2.70 bits per heavy atom. The summed E-state index contributed by atoms with van der Waals surface area (Å²) in [6.07, 6.45) is 0. The first-order valence-electron chi connectivity index (χ1n) is 8.81. The van der Waals surface area contributed by atoms with Gasteiger partial charge in [0.2, 0.25) is 6.79 Å². The molecule has 0 unspecified atom stereocenters. The minimum Gasteiger partial charge on any atom is -0.454 e. The Hall–Kier alpha value is -1.55. The van der Waals surface area contributed by atoms with E-state index < -0.39 is 0 Å². The molecule has 1 aromatic carbocycles. The molecule has 0 atom stereocenters. The molecule has 1 aliphatic rings. The molecule has 148 valence electrons. The van der Waals surface area contributed by atoms with Crippen molar-refractivity contribution in [3.8, 4) is 11.5 Å². The molecule has 1 aromatic heterocycles. The maximum Gasteiger partial charge on any atom is 0.231 e. The first-order chi connectivity index (χ1) is 12.5. The highest BCUT2D eigenvalue weighted by atomic mass is 127. The van der Waals surface area contributed by atoms with Gasteiger partial charge in [-0.05, 0) is 24.6 Å². The van der Waals surface area contributed by atoms with Crippen molar-refractivity contribution in [3.05, 3.63) is 39.8 Å². The molecule has 0 fully saturated rings. The van der Waals surface area contributed by atoms with Crippen molar-refractivity contribution < 1.29 is 9.47 Å². The number of ether oxygens (including phenoxy) is 2. The summed E-state index contributed by atoms with van der Waals surface area (Å²) in [5.41, 5.74) is 2.20. The molecular formula is C19H27IN4O2S. The summed E-state index contributed by atoms with van der Waals surface area (Å²) in [5, 5.41) is 9.88. The summed E-state index contributed by atoms with van der Waals surface area (Å²) in [6.45, 7) is 10.9. The third kappa shape index (κ3) is 5.97. The molecule has 1 aliphatic heterocycles. The number of thiazole rings is 1. The van der Waals surface area contributed by atoms with Crippen LogP contribution in [0.4, 0.5) is 0 Å². The summed E-state index contributed by atoms with van der Waals surface area (Å²) in [5.74, 6) is 2.35. The van der Waals surface area contributed by atoms with Crippen molar-refractivity contribution in [1.29, 1.82) is 0 Å². The molecule has 0 spiro atoms. The third-order valence-electron chi connectivity index (χ3n) is 3.83. The van der Waals surface area contributed by atoms with Crippen LogP contribution in [-0.4, -0.2) is 24.3 Å². The Morgan fingerprint density at radius 2 is 2.00 bits per heavy atom. The standard InChI is InChI=1S/C19H26N4O2S.HI/c1-5-20-18(22-10-14-11-26-17(23-14)19(2,3)4)21-9-13-6-7-15-16(8-13)25-12-24-15;/h6-8,11H,5,9-10,12H2,1-4H3,(H2,20,21,22);1H. The zero-order chi connectivity index (χ0) is 18.6. The molecule has 2 aromatic rings. The average Bonchev–Trinajstić information content (AvgIpc) is 3.25. The Kier molecular flexibility index (Phi) is 7.72. The lowest BCUT2D eigenvalue weighted by molar-refractivity contribution is 0.174. The lowest BCUT2D eigenvalue weighted by atomic mass is 9.98. The zero-order valence-electron chi connectivity index (χ0n) is 16.2. The Balaban J connectivity index is 0.00000261. The fraction of sp³-hybridized carbons (Fsp3) is 0.474. The van der Waals surface area contributed by atoms with Gasteiger partial charge in [0, 0.05) is 17.3 Å². The van der Waals surface area contributed by atoms with Gasteiger partial charge in [-0.15, -0.1) is 35.3 Å². The van der Waals surface area contributed by atoms with Crippen LogP contribution in [-0.2, 0) is 18.5 Å². The lowest BCUT2D eigenvalue weighted by Gasteiger charge is -2.14. The van der Waals surface area contributed by atoms with Gasteiger partial charge in [0.1, 0.15) is 0 Å². The number of guanidine groups is 1. The van der Waals surface area contributed by atoms with Crippen LogP contribution in [0.15, 0.2) is 28.6 Å². The van der Waals surface area contributed by atoms with E-state index >= 15 is 0 Å². The van der Waals surface area contributed by atoms with E-state index in [0.29, 0.717) is 13.1 Å². The van der Waals surface area contributed by atoms with Gasteiger partial charge in [-0.2, -0.15) is 0 Å². The normalized spacial score (nSPS) is 13.3. The zero-order valence-corrected chi connectivity index (χ0v) is 19.3. The summed E-state index contributed by atoms with van der Waals surface area (Å²) < 4.78 is 10.8. The number of fused-ring (bicyclic) bond motifs is 1. The average molecular weight is 502 g/mol. The van der Waals surface area contributed by atoms with Crippen LogP contribution in [0.1, 0.15) is 44.0 Å². The van der Waals surface area contributed by atoms with Crippen LogP contribution in [0.3, 0.4) is 0 Å². The van der Waals surface area contributed by atoms with E-state index in [1.54, 1.807) is 11.3 Å². The Bertz CT molecular complexity index is 786. The van der Waals surface area contributed by atoms with Crippen LogP contribution in [0.25, 0.3) is 0 Å². The van der Waals surface area contributed by atoms with Crippen LogP contribution in [0, 0.1) is 0 Å². The van der Waals surface area contributed by atoms with E-state index in [1.165, 1.54) is 0 Å². The van der Waals surface area contributed by atoms with Crippen molar-refractivity contribution >= 4 is 41.3 Å². The number of nitrogens with one attached hydrogen (secondary N) is 2. The third-order valence-corrected chi connectivity index (χ3v) is 5.15. The van der Waals surface area contributed by atoms with Crippen LogP contribution in [0.2, 0.25) is 0 Å². The number of nitrogens with zero attached hydrogens (tertiary/aromatic N) is 2. The van der Waals surface area contributed by atoms with E-state index in [9.17, 15) is 0 Å². The first-order valence-corrected chi connectivity index (χ1v) is 9.69. The molecule has 3 rings (SSSR count). The van der Waals surface area contributed by atoms with Gasteiger partial charge in [0.05, 0.1) is 23.8 Å². The monoisotopic (exact) mass is 502 g/mol. The molecule has 0 saturated carbocycles. The number of hydrogen-bond donors (Lipinski definition) is 2. The minimum atomic E-state index is 0. The van der Waals surface area contributed by atoms with Gasteiger partial charge in [-0.3, -0.25) is 0 Å². The second-order valence-electron chi connectivity index (χ2n) is 7.13. The summed E-state index contributed by atoms with van der Waals surface area (Å²) in [6, 6.07) is 5.92. The molecule has 2 N–H and O–H groups in total. The first kappa shape index (κ1) is 21.7. The Morgan fingerprint density at radius 1 is 1.22 bits per heavy atom. The predicted molar refractivity (Wildman–Crippen MR) is 120 cm³/mol. The summed E-state index contributed by atoms with van der Waals surface area (Å²) in [7, 11) is 0. The lowest BCUT2D eigenvalue weighted by Crippen LogP contribution is -2.36. The van der Waals surface area contributed by atoms with Gasteiger partial charge in [0.25, 0.3) is 0 Å². The molecule has 0 saturated heterocycles. The fourth-order valence-corrected chi connectivity index (χ4v) is 3.37. The van der Waals surface area contributed by atoms with Crippen molar-refractivity contribution in [2.45, 2.75) is 46.2 Å². The molecule has 0 radical (unpaired) electrons. The van der Waals surface area contributed by atoms with E-state index in [1.807, 2.05) is 18.2 Å². The molecule has 8 heteroatoms. The number of halogens is 1. The van der Waals surface area contributed by atoms with Crippen molar-refractivity contribution in [1.82, 2.24) is 15.6 Å². The second-order valence-corrected chi connectivity index (χ2v) is 7.99. The molecule has 0 bridgehead atoms. The molecule has 0 amide bonds. The summed E-state index contributed by atoms with van der Waals surface area (Å²) >= 11 is 1.71. The molecular weight excluding hydrogens is 475 g/mol. The van der Waals surface area contributed by atoms with Crippen LogP contribution in [0.5, 0.6) is 11.5 Å². The number of benzene rings is 1. The highest BCUT2D eigenvalue weighted by Gasteiger charge is 2.18. The predicted octanol–water partition coefficient (Wildman–Crippen LogP) is 4.04. The van der Waals surface area contributed by atoms with Crippen molar-refractivity contribution in [2.75, 3.05) is 13.3 Å². The van der Waals surface area contributed by atoms with Gasteiger partial charge in [-0.25, -0.2) is 9.98 Å². The second kappa shape index (κ2) is 9.59. The summed E-state index contributed by atoms with van der Waals surface area (Å²) in [4.78, 5) is 9.37. The van der Waals surface area contributed by atoms with Gasteiger partial charge >= 0.3 is 0 Å². The quantitative estimate of drug-likeness (QED) is 0.367. The smallest absolute Gasteiger partial charge is 0.231 e. The SMILES string of the molecule is CCNC(=NCc1ccc2c(c1)OCO2)NCc1csc(C(C)(C)C)n1.I. The number of aromatic nitrogens is 1.